The smallest absolute Gasteiger partial charge is 0.238 e. The van der Waals surface area contributed by atoms with E-state index in [1.54, 1.807) is 12.1 Å². The van der Waals surface area contributed by atoms with Gasteiger partial charge in [0.25, 0.3) is 0 Å². The second kappa shape index (κ2) is 9.60. The van der Waals surface area contributed by atoms with Crippen LogP contribution in [0.15, 0.2) is 48.5 Å². The van der Waals surface area contributed by atoms with Crippen LogP contribution in [0.4, 0.5) is 10.1 Å². The van der Waals surface area contributed by atoms with Gasteiger partial charge in [-0.3, -0.25) is 14.6 Å². The van der Waals surface area contributed by atoms with Crippen molar-refractivity contribution in [2.45, 2.75) is 13.1 Å². The van der Waals surface area contributed by atoms with Crippen molar-refractivity contribution in [3.05, 3.63) is 65.5 Å². The fraction of sp³-hybridized carbons (Fsp3) is 0.381. The number of morpholine rings is 1. The van der Waals surface area contributed by atoms with E-state index in [4.69, 9.17) is 4.74 Å². The topological polar surface area (TPSA) is 44.8 Å². The summed E-state index contributed by atoms with van der Waals surface area (Å²) in [5, 5.41) is 2.92. The minimum absolute atomic E-state index is 0.0689. The van der Waals surface area contributed by atoms with Crippen LogP contribution in [-0.4, -0.2) is 55.6 Å². The van der Waals surface area contributed by atoms with E-state index in [9.17, 15) is 9.18 Å². The lowest BCUT2D eigenvalue weighted by Crippen LogP contribution is -2.35. The molecular formula is C21H26FN3O2. The molecule has 1 amide bonds. The predicted molar refractivity (Wildman–Crippen MR) is 104 cm³/mol. The van der Waals surface area contributed by atoms with Crippen molar-refractivity contribution in [3.8, 4) is 0 Å². The monoisotopic (exact) mass is 371 g/mol. The van der Waals surface area contributed by atoms with Gasteiger partial charge in [-0.15, -0.1) is 0 Å². The molecule has 0 atom stereocenters. The van der Waals surface area contributed by atoms with Gasteiger partial charge in [0.15, 0.2) is 0 Å². The first-order valence-electron chi connectivity index (χ1n) is 9.20. The second-order valence-corrected chi connectivity index (χ2v) is 6.93. The lowest BCUT2D eigenvalue weighted by molar-refractivity contribution is -0.117. The predicted octanol–water partition coefficient (Wildman–Crippen LogP) is 2.73. The number of nitrogens with zero attached hydrogens (tertiary/aromatic N) is 2. The van der Waals surface area contributed by atoms with Crippen LogP contribution < -0.4 is 5.32 Å². The van der Waals surface area contributed by atoms with Crippen molar-refractivity contribution in [1.82, 2.24) is 9.80 Å². The fourth-order valence-corrected chi connectivity index (χ4v) is 3.11. The Bertz CT molecular complexity index is 728. The number of rotatable bonds is 7. The van der Waals surface area contributed by atoms with Crippen molar-refractivity contribution in [3.63, 3.8) is 0 Å². The third-order valence-electron chi connectivity index (χ3n) is 4.53. The van der Waals surface area contributed by atoms with Crippen molar-refractivity contribution in [2.24, 2.45) is 0 Å². The Morgan fingerprint density at radius 2 is 1.70 bits per heavy atom. The molecule has 0 saturated carbocycles. The van der Waals surface area contributed by atoms with Gasteiger partial charge in [0.1, 0.15) is 5.82 Å². The van der Waals surface area contributed by atoms with E-state index in [1.165, 1.54) is 17.7 Å². The number of carbonyl (C=O) groups excluding carboxylic acids is 1. The summed E-state index contributed by atoms with van der Waals surface area (Å²) < 4.78 is 18.3. The Morgan fingerprint density at radius 1 is 1.07 bits per heavy atom. The number of nitrogens with one attached hydrogen (secondary N) is 1. The Balaban J connectivity index is 1.44. The summed E-state index contributed by atoms with van der Waals surface area (Å²) in [4.78, 5) is 16.5. The van der Waals surface area contributed by atoms with Crippen LogP contribution in [0.5, 0.6) is 0 Å². The standard InChI is InChI=1S/C21H26FN3O2/c1-24(14-17-2-6-19(22)7-3-17)16-21(26)23-20-8-4-18(5-9-20)15-25-10-12-27-13-11-25/h2-9H,10-16H2,1H3,(H,23,26). The molecule has 1 heterocycles. The van der Waals surface area contributed by atoms with Gasteiger partial charge in [0.2, 0.25) is 5.91 Å². The summed E-state index contributed by atoms with van der Waals surface area (Å²) in [6, 6.07) is 14.3. The maximum Gasteiger partial charge on any atom is 0.238 e. The average molecular weight is 371 g/mol. The number of halogens is 1. The van der Waals surface area contributed by atoms with Crippen molar-refractivity contribution in [1.29, 1.82) is 0 Å². The number of amides is 1. The molecule has 2 aromatic carbocycles. The normalized spacial score (nSPS) is 15.1. The zero-order valence-electron chi connectivity index (χ0n) is 15.7. The molecule has 0 unspecified atom stereocenters. The van der Waals surface area contributed by atoms with E-state index in [2.05, 4.69) is 10.2 Å². The number of hydrogen-bond donors (Lipinski definition) is 1. The molecule has 1 N–H and O–H groups in total. The van der Waals surface area contributed by atoms with Crippen LogP contribution in [-0.2, 0) is 22.6 Å². The zero-order chi connectivity index (χ0) is 19.1. The number of anilines is 1. The molecule has 144 valence electrons. The summed E-state index contributed by atoms with van der Waals surface area (Å²) >= 11 is 0. The van der Waals surface area contributed by atoms with Gasteiger partial charge >= 0.3 is 0 Å². The third-order valence-corrected chi connectivity index (χ3v) is 4.53. The van der Waals surface area contributed by atoms with Gasteiger partial charge in [0.05, 0.1) is 19.8 Å². The van der Waals surface area contributed by atoms with Gasteiger partial charge in [-0.25, -0.2) is 4.39 Å². The van der Waals surface area contributed by atoms with E-state index in [0.29, 0.717) is 6.54 Å². The lowest BCUT2D eigenvalue weighted by Gasteiger charge is -2.26. The van der Waals surface area contributed by atoms with E-state index in [1.807, 2.05) is 36.2 Å². The Hall–Kier alpha value is -2.28. The van der Waals surface area contributed by atoms with Crippen LogP contribution >= 0.6 is 0 Å². The molecule has 1 fully saturated rings. The van der Waals surface area contributed by atoms with E-state index >= 15 is 0 Å². The highest BCUT2D eigenvalue weighted by atomic mass is 19.1. The summed E-state index contributed by atoms with van der Waals surface area (Å²) in [5.41, 5.74) is 2.99. The Labute approximate surface area is 159 Å². The molecule has 3 rings (SSSR count). The van der Waals surface area contributed by atoms with Crippen molar-refractivity contribution in [2.75, 3.05) is 45.2 Å². The molecule has 0 radical (unpaired) electrons. The Kier molecular flexibility index (Phi) is 6.92. The molecule has 0 aromatic heterocycles. The molecule has 27 heavy (non-hydrogen) atoms. The molecule has 2 aromatic rings. The van der Waals surface area contributed by atoms with Gasteiger partial charge in [-0.2, -0.15) is 0 Å². The molecule has 1 aliphatic rings. The Morgan fingerprint density at radius 3 is 2.37 bits per heavy atom. The highest BCUT2D eigenvalue weighted by Gasteiger charge is 2.11. The van der Waals surface area contributed by atoms with E-state index in [-0.39, 0.29) is 18.3 Å². The maximum absolute atomic E-state index is 13.0. The van der Waals surface area contributed by atoms with Gasteiger partial charge < -0.3 is 10.1 Å². The van der Waals surface area contributed by atoms with Gasteiger partial charge in [-0.1, -0.05) is 24.3 Å². The average Bonchev–Trinajstić information content (AvgIpc) is 2.66. The molecule has 0 aliphatic carbocycles. The number of benzene rings is 2. The SMILES string of the molecule is CN(CC(=O)Nc1ccc(CN2CCOCC2)cc1)Cc1ccc(F)cc1. The summed E-state index contributed by atoms with van der Waals surface area (Å²) in [6.45, 7) is 5.26. The number of likely N-dealkylation sites (N-methyl/N-ethyl adjacent to an activating group) is 1. The minimum atomic E-state index is -0.254. The summed E-state index contributed by atoms with van der Waals surface area (Å²) in [6.07, 6.45) is 0. The number of carbonyl (C=O) groups is 1. The van der Waals surface area contributed by atoms with Crippen molar-refractivity contribution < 1.29 is 13.9 Å². The first-order valence-corrected chi connectivity index (χ1v) is 9.20. The second-order valence-electron chi connectivity index (χ2n) is 6.93. The third kappa shape index (κ3) is 6.43. The van der Waals surface area contributed by atoms with Crippen LogP contribution in [0.3, 0.4) is 0 Å². The first-order chi connectivity index (χ1) is 13.1. The van der Waals surface area contributed by atoms with E-state index in [0.717, 1.165) is 44.1 Å². The molecule has 0 bridgehead atoms. The molecule has 0 spiro atoms. The molecule has 6 heteroatoms. The molecule has 1 aliphatic heterocycles. The van der Waals surface area contributed by atoms with Crippen LogP contribution in [0.1, 0.15) is 11.1 Å². The highest BCUT2D eigenvalue weighted by molar-refractivity contribution is 5.92. The largest absolute Gasteiger partial charge is 0.379 e. The van der Waals surface area contributed by atoms with Gasteiger partial charge in [0, 0.05) is 31.9 Å². The van der Waals surface area contributed by atoms with Crippen molar-refractivity contribution >= 4 is 11.6 Å². The van der Waals surface area contributed by atoms with Crippen LogP contribution in [0.25, 0.3) is 0 Å². The maximum atomic E-state index is 13.0. The molecule has 5 nitrogen and oxygen atoms in total. The highest BCUT2D eigenvalue weighted by Crippen LogP contribution is 2.13. The fourth-order valence-electron chi connectivity index (χ4n) is 3.11. The minimum Gasteiger partial charge on any atom is -0.379 e. The number of ether oxygens (including phenoxy) is 1. The van der Waals surface area contributed by atoms with E-state index < -0.39 is 0 Å². The molecular weight excluding hydrogens is 345 g/mol. The molecule has 1 saturated heterocycles. The summed E-state index contributed by atoms with van der Waals surface area (Å²) in [7, 11) is 1.87. The zero-order valence-corrected chi connectivity index (χ0v) is 15.7. The van der Waals surface area contributed by atoms with Gasteiger partial charge in [-0.05, 0) is 42.4 Å². The number of hydrogen-bond acceptors (Lipinski definition) is 4. The summed E-state index contributed by atoms with van der Waals surface area (Å²) in [5.74, 6) is -0.322. The van der Waals surface area contributed by atoms with Crippen LogP contribution in [0, 0.1) is 5.82 Å². The quantitative estimate of drug-likeness (QED) is 0.813. The van der Waals surface area contributed by atoms with Crippen LogP contribution in [0.2, 0.25) is 0 Å². The first kappa shape index (κ1) is 19.5. The lowest BCUT2D eigenvalue weighted by atomic mass is 10.2.